The van der Waals surface area contributed by atoms with Crippen LogP contribution in [-0.4, -0.2) is 29.4 Å². The molecule has 1 heterocycles. The minimum atomic E-state index is 0.410. The lowest BCUT2D eigenvalue weighted by Crippen LogP contribution is -1.91. The standard InChI is InChI=1S/C10H11N3O2S/c1-14-6-3-4-7(8(5-6)15-2)9-11-10(16)13-12-9/h3-5H,1-2H3,(H2,11,12,13,16). The number of ether oxygens (including phenoxy) is 2. The fraction of sp³-hybridized carbons (Fsp3) is 0.200. The van der Waals surface area contributed by atoms with Crippen molar-refractivity contribution in [2.24, 2.45) is 0 Å². The molecular formula is C10H11N3O2S. The highest BCUT2D eigenvalue weighted by molar-refractivity contribution is 7.71. The molecule has 1 aromatic carbocycles. The van der Waals surface area contributed by atoms with Gasteiger partial charge in [-0.3, -0.25) is 10.2 Å². The summed E-state index contributed by atoms with van der Waals surface area (Å²) < 4.78 is 10.8. The molecule has 0 bridgehead atoms. The number of hydrogen-bond donors (Lipinski definition) is 2. The molecule has 0 aliphatic rings. The molecule has 84 valence electrons. The SMILES string of the molecule is COc1ccc(-c2nc(=S)[nH][nH]2)c(OC)c1. The summed E-state index contributed by atoms with van der Waals surface area (Å²) in [4.78, 5) is 4.13. The molecule has 2 aromatic rings. The maximum Gasteiger partial charge on any atom is 0.213 e. The number of aromatic amines is 2. The van der Waals surface area contributed by atoms with Crippen LogP contribution in [-0.2, 0) is 0 Å². The van der Waals surface area contributed by atoms with Gasteiger partial charge in [-0.05, 0) is 24.4 Å². The lowest BCUT2D eigenvalue weighted by Gasteiger charge is -2.07. The topological polar surface area (TPSA) is 62.9 Å². The predicted molar refractivity (Wildman–Crippen MR) is 62.3 cm³/mol. The second kappa shape index (κ2) is 4.36. The minimum Gasteiger partial charge on any atom is -0.497 e. The van der Waals surface area contributed by atoms with E-state index in [0.29, 0.717) is 16.3 Å². The number of hydrogen-bond acceptors (Lipinski definition) is 4. The first-order chi connectivity index (χ1) is 7.74. The van der Waals surface area contributed by atoms with Crippen molar-refractivity contribution in [1.29, 1.82) is 0 Å². The highest BCUT2D eigenvalue weighted by Crippen LogP contribution is 2.30. The van der Waals surface area contributed by atoms with E-state index in [1.165, 1.54) is 0 Å². The van der Waals surface area contributed by atoms with E-state index >= 15 is 0 Å². The van der Waals surface area contributed by atoms with Crippen molar-refractivity contribution in [3.05, 3.63) is 23.0 Å². The van der Waals surface area contributed by atoms with Gasteiger partial charge in [0.05, 0.1) is 19.8 Å². The predicted octanol–water partition coefficient (Wildman–Crippen LogP) is 2.15. The summed E-state index contributed by atoms with van der Waals surface area (Å²) in [5.74, 6) is 2.05. The Bertz CT molecular complexity index is 547. The first kappa shape index (κ1) is 10.7. The van der Waals surface area contributed by atoms with Crippen molar-refractivity contribution in [2.45, 2.75) is 0 Å². The van der Waals surface area contributed by atoms with Crippen molar-refractivity contribution in [2.75, 3.05) is 14.2 Å². The molecule has 5 nitrogen and oxygen atoms in total. The van der Waals surface area contributed by atoms with Crippen molar-refractivity contribution in [3.8, 4) is 22.9 Å². The molecule has 0 aliphatic heterocycles. The zero-order chi connectivity index (χ0) is 11.5. The molecule has 2 N–H and O–H groups in total. The molecule has 2 rings (SSSR count). The maximum atomic E-state index is 5.26. The smallest absolute Gasteiger partial charge is 0.213 e. The fourth-order valence-corrected chi connectivity index (χ4v) is 1.53. The number of rotatable bonds is 3. The quantitative estimate of drug-likeness (QED) is 0.803. The molecule has 0 amide bonds. The van der Waals surface area contributed by atoms with Crippen LogP contribution in [0.3, 0.4) is 0 Å². The van der Waals surface area contributed by atoms with Crippen LogP contribution in [0.2, 0.25) is 0 Å². The molecule has 0 saturated heterocycles. The maximum absolute atomic E-state index is 5.26. The molecule has 6 heteroatoms. The molecular weight excluding hydrogens is 226 g/mol. The van der Waals surface area contributed by atoms with E-state index in [2.05, 4.69) is 15.2 Å². The lowest BCUT2D eigenvalue weighted by molar-refractivity contribution is 0.395. The van der Waals surface area contributed by atoms with E-state index < -0.39 is 0 Å². The molecule has 0 aliphatic carbocycles. The summed E-state index contributed by atoms with van der Waals surface area (Å²) in [6.45, 7) is 0. The Balaban J connectivity index is 2.52. The van der Waals surface area contributed by atoms with Gasteiger partial charge in [0, 0.05) is 6.07 Å². The van der Waals surface area contributed by atoms with Gasteiger partial charge in [0.15, 0.2) is 5.82 Å². The van der Waals surface area contributed by atoms with Crippen LogP contribution >= 0.6 is 12.2 Å². The monoisotopic (exact) mass is 237 g/mol. The van der Waals surface area contributed by atoms with E-state index in [-0.39, 0.29) is 0 Å². The van der Waals surface area contributed by atoms with Crippen LogP contribution in [0.4, 0.5) is 0 Å². The zero-order valence-electron chi connectivity index (χ0n) is 8.90. The van der Waals surface area contributed by atoms with Gasteiger partial charge in [-0.15, -0.1) is 0 Å². The second-order valence-corrected chi connectivity index (χ2v) is 3.47. The molecule has 0 unspecified atom stereocenters. The zero-order valence-corrected chi connectivity index (χ0v) is 9.72. The normalized spacial score (nSPS) is 10.1. The first-order valence-electron chi connectivity index (χ1n) is 4.61. The summed E-state index contributed by atoms with van der Waals surface area (Å²) in [7, 11) is 3.20. The Hall–Kier alpha value is -1.82. The van der Waals surface area contributed by atoms with Crippen LogP contribution in [0, 0.1) is 4.77 Å². The Morgan fingerprint density at radius 1 is 1.19 bits per heavy atom. The third-order valence-electron chi connectivity index (χ3n) is 2.16. The fourth-order valence-electron chi connectivity index (χ4n) is 1.39. The summed E-state index contributed by atoms with van der Waals surface area (Å²) in [5.41, 5.74) is 0.829. The van der Waals surface area contributed by atoms with Crippen molar-refractivity contribution in [3.63, 3.8) is 0 Å². The Kier molecular flexibility index (Phi) is 2.91. The molecule has 16 heavy (non-hydrogen) atoms. The highest BCUT2D eigenvalue weighted by atomic mass is 32.1. The van der Waals surface area contributed by atoms with E-state index in [9.17, 15) is 0 Å². The largest absolute Gasteiger partial charge is 0.497 e. The number of nitrogens with one attached hydrogen (secondary N) is 2. The van der Waals surface area contributed by atoms with Gasteiger partial charge in [0.2, 0.25) is 4.77 Å². The minimum absolute atomic E-state index is 0.410. The molecule has 0 saturated carbocycles. The third kappa shape index (κ3) is 1.92. The van der Waals surface area contributed by atoms with E-state index in [1.807, 2.05) is 12.1 Å². The number of benzene rings is 1. The summed E-state index contributed by atoms with van der Waals surface area (Å²) in [6, 6.07) is 5.49. The summed E-state index contributed by atoms with van der Waals surface area (Å²) in [5, 5.41) is 5.61. The number of methoxy groups -OCH3 is 2. The summed E-state index contributed by atoms with van der Waals surface area (Å²) >= 11 is 4.90. The van der Waals surface area contributed by atoms with Crippen LogP contribution < -0.4 is 9.47 Å². The Labute approximate surface area is 97.4 Å². The third-order valence-corrected chi connectivity index (χ3v) is 2.36. The Morgan fingerprint density at radius 2 is 2.00 bits per heavy atom. The van der Waals surface area contributed by atoms with E-state index in [1.54, 1.807) is 20.3 Å². The van der Waals surface area contributed by atoms with Crippen LogP contribution in [0.1, 0.15) is 0 Å². The van der Waals surface area contributed by atoms with Crippen LogP contribution in [0.25, 0.3) is 11.4 Å². The van der Waals surface area contributed by atoms with Gasteiger partial charge < -0.3 is 9.47 Å². The number of nitrogens with zero attached hydrogens (tertiary/aromatic N) is 1. The number of aromatic nitrogens is 3. The van der Waals surface area contributed by atoms with Gasteiger partial charge in [-0.25, -0.2) is 0 Å². The van der Waals surface area contributed by atoms with Crippen LogP contribution in [0.15, 0.2) is 18.2 Å². The summed E-state index contributed by atoms with van der Waals surface area (Å²) in [6.07, 6.45) is 0. The lowest BCUT2D eigenvalue weighted by atomic mass is 10.2. The van der Waals surface area contributed by atoms with Crippen LogP contribution in [0.5, 0.6) is 11.5 Å². The van der Waals surface area contributed by atoms with Gasteiger partial charge >= 0.3 is 0 Å². The average molecular weight is 237 g/mol. The Morgan fingerprint density at radius 3 is 2.56 bits per heavy atom. The van der Waals surface area contributed by atoms with Crippen molar-refractivity contribution >= 4 is 12.2 Å². The van der Waals surface area contributed by atoms with Gasteiger partial charge in [0.1, 0.15) is 11.5 Å². The molecule has 0 atom stereocenters. The average Bonchev–Trinajstić information content (AvgIpc) is 2.74. The number of H-pyrrole nitrogens is 2. The molecule has 0 spiro atoms. The second-order valence-electron chi connectivity index (χ2n) is 3.08. The van der Waals surface area contributed by atoms with Crippen molar-refractivity contribution in [1.82, 2.24) is 15.2 Å². The van der Waals surface area contributed by atoms with Gasteiger partial charge in [-0.2, -0.15) is 4.98 Å². The van der Waals surface area contributed by atoms with Gasteiger partial charge in [0.25, 0.3) is 0 Å². The highest BCUT2D eigenvalue weighted by Gasteiger charge is 2.09. The molecule has 0 fully saturated rings. The van der Waals surface area contributed by atoms with Crippen molar-refractivity contribution < 1.29 is 9.47 Å². The van der Waals surface area contributed by atoms with Gasteiger partial charge in [-0.1, -0.05) is 0 Å². The van der Waals surface area contributed by atoms with E-state index in [0.717, 1.165) is 11.3 Å². The first-order valence-corrected chi connectivity index (χ1v) is 5.02. The molecule has 0 radical (unpaired) electrons. The molecule has 1 aromatic heterocycles. The van der Waals surface area contributed by atoms with E-state index in [4.69, 9.17) is 21.7 Å².